The predicted octanol–water partition coefficient (Wildman–Crippen LogP) is 3.72. The smallest absolute Gasteiger partial charge is 0.127 e. The average molecular weight is 201 g/mol. The summed E-state index contributed by atoms with van der Waals surface area (Å²) in [5, 5.41) is 0. The van der Waals surface area contributed by atoms with Gasteiger partial charge in [-0.15, -0.1) is 0 Å². The van der Waals surface area contributed by atoms with Crippen molar-refractivity contribution in [3.63, 3.8) is 0 Å². The summed E-state index contributed by atoms with van der Waals surface area (Å²) in [5.41, 5.74) is 0. The predicted molar refractivity (Wildman–Crippen MR) is 64.7 cm³/mol. The topological polar surface area (TPSA) is 3.24 Å². The maximum absolute atomic E-state index is 2.78. The summed E-state index contributed by atoms with van der Waals surface area (Å²) in [6, 6.07) is 4.96. The van der Waals surface area contributed by atoms with Crippen molar-refractivity contribution in [3.8, 4) is 0 Å². The summed E-state index contributed by atoms with van der Waals surface area (Å²) in [6.45, 7) is 15.4. The van der Waals surface area contributed by atoms with Gasteiger partial charge in [-0.1, -0.05) is 41.5 Å². The first kappa shape index (κ1) is 13.2. The van der Waals surface area contributed by atoms with Crippen molar-refractivity contribution in [2.75, 3.05) is 6.54 Å². The lowest BCUT2D eigenvalue weighted by Gasteiger charge is -2.43. The third-order valence-corrected chi connectivity index (χ3v) is 9.55. The van der Waals surface area contributed by atoms with Crippen LogP contribution in [0.5, 0.6) is 0 Å². The molecule has 2 heteroatoms. The molecule has 0 aromatic heterocycles. The zero-order valence-corrected chi connectivity index (χ0v) is 11.4. The first-order valence-electron chi connectivity index (χ1n) is 5.84. The normalized spacial score (nSPS) is 12.9. The van der Waals surface area contributed by atoms with Crippen LogP contribution >= 0.6 is 0 Å². The standard InChI is InChI=1S/C11H27NSi/c1-7-12(11(5)6)13(8-2,9-3)10-4/h11H,7-10H2,1-6H3. The zero-order chi connectivity index (χ0) is 10.5. The molecule has 0 amide bonds. The maximum Gasteiger partial charge on any atom is 0.127 e. The summed E-state index contributed by atoms with van der Waals surface area (Å²) < 4.78 is 2.78. The van der Waals surface area contributed by atoms with Gasteiger partial charge < -0.3 is 4.57 Å². The van der Waals surface area contributed by atoms with E-state index in [1.807, 2.05) is 0 Å². The average Bonchev–Trinajstić information content (AvgIpc) is 2.13. The SMILES string of the molecule is CCN(C(C)C)[Si](CC)(CC)CC. The van der Waals surface area contributed by atoms with E-state index in [1.54, 1.807) is 0 Å². The molecule has 0 bridgehead atoms. The second-order valence-electron chi connectivity index (χ2n) is 4.16. The summed E-state index contributed by atoms with van der Waals surface area (Å²) >= 11 is 0. The van der Waals surface area contributed by atoms with E-state index in [1.165, 1.54) is 24.7 Å². The van der Waals surface area contributed by atoms with E-state index in [2.05, 4.69) is 46.1 Å². The van der Waals surface area contributed by atoms with Gasteiger partial charge in [-0.25, -0.2) is 0 Å². The van der Waals surface area contributed by atoms with Crippen LogP contribution in [-0.4, -0.2) is 25.4 Å². The fraction of sp³-hybridized carbons (Fsp3) is 1.00. The molecule has 0 rings (SSSR count). The summed E-state index contributed by atoms with van der Waals surface area (Å²) in [6.07, 6.45) is 0. The lowest BCUT2D eigenvalue weighted by Crippen LogP contribution is -2.55. The highest BCUT2D eigenvalue weighted by Gasteiger charge is 2.34. The van der Waals surface area contributed by atoms with E-state index in [0.29, 0.717) is 0 Å². The fourth-order valence-electron chi connectivity index (χ4n) is 2.61. The van der Waals surface area contributed by atoms with Crippen LogP contribution in [0.15, 0.2) is 0 Å². The van der Waals surface area contributed by atoms with E-state index in [9.17, 15) is 0 Å². The minimum atomic E-state index is -1.08. The Bertz CT molecular complexity index is 122. The second kappa shape index (κ2) is 5.81. The highest BCUT2D eigenvalue weighted by Crippen LogP contribution is 2.26. The maximum atomic E-state index is 2.78. The van der Waals surface area contributed by atoms with Gasteiger partial charge in [0.15, 0.2) is 0 Å². The van der Waals surface area contributed by atoms with Crippen molar-refractivity contribution >= 4 is 8.24 Å². The van der Waals surface area contributed by atoms with Crippen molar-refractivity contribution in [2.24, 2.45) is 0 Å². The molecule has 0 spiro atoms. The van der Waals surface area contributed by atoms with Crippen molar-refractivity contribution < 1.29 is 0 Å². The van der Waals surface area contributed by atoms with Crippen molar-refractivity contribution in [3.05, 3.63) is 0 Å². The first-order chi connectivity index (χ1) is 6.07. The van der Waals surface area contributed by atoms with Crippen molar-refractivity contribution in [1.82, 2.24) is 4.57 Å². The van der Waals surface area contributed by atoms with Crippen LogP contribution in [0.25, 0.3) is 0 Å². The van der Waals surface area contributed by atoms with Crippen LogP contribution in [0.2, 0.25) is 18.1 Å². The van der Waals surface area contributed by atoms with Crippen LogP contribution < -0.4 is 0 Å². The second-order valence-corrected chi connectivity index (χ2v) is 9.31. The molecule has 0 radical (unpaired) electrons. The quantitative estimate of drug-likeness (QED) is 0.592. The zero-order valence-electron chi connectivity index (χ0n) is 10.4. The van der Waals surface area contributed by atoms with Gasteiger partial charge in [0.1, 0.15) is 8.24 Å². The van der Waals surface area contributed by atoms with Crippen molar-refractivity contribution in [1.29, 1.82) is 0 Å². The highest BCUT2D eigenvalue weighted by molar-refractivity contribution is 6.77. The number of hydrogen-bond donors (Lipinski definition) is 0. The largest absolute Gasteiger partial charge is 0.321 e. The third kappa shape index (κ3) is 2.81. The van der Waals surface area contributed by atoms with Gasteiger partial charge in [0, 0.05) is 0 Å². The van der Waals surface area contributed by atoms with E-state index < -0.39 is 8.24 Å². The van der Waals surface area contributed by atoms with E-state index in [0.717, 1.165) is 6.04 Å². The van der Waals surface area contributed by atoms with Crippen LogP contribution in [0.1, 0.15) is 41.5 Å². The molecule has 0 atom stereocenters. The van der Waals surface area contributed by atoms with Gasteiger partial charge in [0.05, 0.1) is 0 Å². The van der Waals surface area contributed by atoms with Gasteiger partial charge in [0.25, 0.3) is 0 Å². The first-order valence-corrected chi connectivity index (χ1v) is 8.41. The molecule has 0 aliphatic heterocycles. The molecule has 0 saturated carbocycles. The molecular weight excluding hydrogens is 174 g/mol. The number of nitrogens with zero attached hydrogens (tertiary/aromatic N) is 1. The van der Waals surface area contributed by atoms with E-state index >= 15 is 0 Å². The molecule has 0 fully saturated rings. The number of rotatable bonds is 6. The van der Waals surface area contributed by atoms with Crippen LogP contribution in [0, 0.1) is 0 Å². The van der Waals surface area contributed by atoms with Gasteiger partial charge in [0.2, 0.25) is 0 Å². The molecule has 0 N–H and O–H groups in total. The van der Waals surface area contributed by atoms with E-state index in [-0.39, 0.29) is 0 Å². The van der Waals surface area contributed by atoms with Crippen LogP contribution in [-0.2, 0) is 0 Å². The fourth-order valence-corrected chi connectivity index (χ4v) is 7.09. The minimum Gasteiger partial charge on any atom is -0.321 e. The van der Waals surface area contributed by atoms with Crippen LogP contribution in [0.3, 0.4) is 0 Å². The van der Waals surface area contributed by atoms with E-state index in [4.69, 9.17) is 0 Å². The molecule has 0 saturated heterocycles. The Morgan fingerprint density at radius 1 is 0.923 bits per heavy atom. The Morgan fingerprint density at radius 3 is 1.38 bits per heavy atom. The Labute approximate surface area is 85.6 Å². The molecule has 0 aromatic rings. The van der Waals surface area contributed by atoms with Crippen LogP contribution in [0.4, 0.5) is 0 Å². The Hall–Kier alpha value is 0.177. The molecule has 0 aromatic carbocycles. The lowest BCUT2D eigenvalue weighted by molar-refractivity contribution is 0.361. The lowest BCUT2D eigenvalue weighted by atomic mass is 10.4. The molecule has 0 aliphatic carbocycles. The Balaban J connectivity index is 4.65. The molecule has 0 aliphatic rings. The molecular formula is C11H27NSi. The summed E-state index contributed by atoms with van der Waals surface area (Å²) in [4.78, 5) is 0. The van der Waals surface area contributed by atoms with Crippen molar-refractivity contribution in [2.45, 2.75) is 65.7 Å². The minimum absolute atomic E-state index is 0.733. The van der Waals surface area contributed by atoms with Gasteiger partial charge in [-0.05, 0) is 30.7 Å². The van der Waals surface area contributed by atoms with Gasteiger partial charge in [-0.2, -0.15) is 0 Å². The number of hydrogen-bond acceptors (Lipinski definition) is 1. The molecule has 0 unspecified atom stereocenters. The molecule has 0 heterocycles. The third-order valence-electron chi connectivity index (χ3n) is 3.55. The summed E-state index contributed by atoms with van der Waals surface area (Å²) in [7, 11) is -1.08. The van der Waals surface area contributed by atoms with Gasteiger partial charge in [-0.3, -0.25) is 0 Å². The monoisotopic (exact) mass is 201 g/mol. The molecule has 80 valence electrons. The highest BCUT2D eigenvalue weighted by atomic mass is 28.3. The molecule has 13 heavy (non-hydrogen) atoms. The Kier molecular flexibility index (Phi) is 5.89. The summed E-state index contributed by atoms with van der Waals surface area (Å²) in [5.74, 6) is 0. The Morgan fingerprint density at radius 2 is 1.31 bits per heavy atom. The molecule has 1 nitrogen and oxygen atoms in total. The van der Waals surface area contributed by atoms with Gasteiger partial charge >= 0.3 is 0 Å².